The van der Waals surface area contributed by atoms with E-state index < -0.39 is 0 Å². The molecule has 5 heteroatoms. The summed E-state index contributed by atoms with van der Waals surface area (Å²) in [5.74, 6) is 0.516. The number of benzene rings is 1. The summed E-state index contributed by atoms with van der Waals surface area (Å²) in [5.41, 5.74) is 0.897. The van der Waals surface area contributed by atoms with Gasteiger partial charge in [-0.2, -0.15) is 5.26 Å². The minimum absolute atomic E-state index is 0.125. The molecule has 0 atom stereocenters. The van der Waals surface area contributed by atoms with Crippen LogP contribution >= 0.6 is 0 Å². The van der Waals surface area contributed by atoms with Crippen LogP contribution in [-0.4, -0.2) is 31.0 Å². The molecule has 1 aliphatic heterocycles. The van der Waals surface area contributed by atoms with Gasteiger partial charge in [-0.3, -0.25) is 4.79 Å². The highest BCUT2D eigenvalue weighted by Gasteiger charge is 2.20. The lowest BCUT2D eigenvalue weighted by Gasteiger charge is -2.26. The van der Waals surface area contributed by atoms with Gasteiger partial charge in [-0.25, -0.2) is 0 Å². The smallest absolute Gasteiger partial charge is 0.266 e. The second-order valence-corrected chi connectivity index (χ2v) is 4.90. The van der Waals surface area contributed by atoms with Crippen LogP contribution in [0.2, 0.25) is 0 Å². The molecular weight excluding hydrogens is 266 g/mol. The van der Waals surface area contributed by atoms with Gasteiger partial charge >= 0.3 is 0 Å². The maximum absolute atomic E-state index is 12.2. The number of likely N-dealkylation sites (tertiary alicyclic amines) is 1. The first kappa shape index (κ1) is 14.9. The Hall–Kier alpha value is -2.48. The fraction of sp³-hybridized carbons (Fsp3) is 0.375. The normalized spacial score (nSPS) is 15.2. The number of hydrogen-bond acceptors (Lipinski definition) is 4. The number of ether oxygens (including phenoxy) is 1. The van der Waals surface area contributed by atoms with Gasteiger partial charge in [0.05, 0.1) is 7.11 Å². The predicted octanol–water partition coefficient (Wildman–Crippen LogP) is 2.53. The quantitative estimate of drug-likeness (QED) is 0.682. The minimum atomic E-state index is -0.201. The average molecular weight is 285 g/mol. The summed E-state index contributed by atoms with van der Waals surface area (Å²) in [4.78, 5) is 14.0. The zero-order chi connectivity index (χ0) is 15.1. The number of carbonyl (C=O) groups is 1. The fourth-order valence-electron chi connectivity index (χ4n) is 2.28. The van der Waals surface area contributed by atoms with E-state index in [2.05, 4.69) is 5.32 Å². The molecule has 0 saturated carbocycles. The SMILES string of the molecule is COc1cccc(N/C=C(/C#N)C(=O)N2CCCCC2)c1. The van der Waals surface area contributed by atoms with Gasteiger partial charge in [0, 0.05) is 31.0 Å². The highest BCUT2D eigenvalue weighted by molar-refractivity contribution is 5.97. The van der Waals surface area contributed by atoms with Crippen LogP contribution in [0.5, 0.6) is 5.75 Å². The lowest BCUT2D eigenvalue weighted by Crippen LogP contribution is -2.36. The second-order valence-electron chi connectivity index (χ2n) is 4.90. The van der Waals surface area contributed by atoms with Crippen molar-refractivity contribution in [3.05, 3.63) is 36.0 Å². The molecule has 110 valence electrons. The van der Waals surface area contributed by atoms with E-state index in [1.807, 2.05) is 24.3 Å². The molecule has 0 aliphatic carbocycles. The van der Waals surface area contributed by atoms with Gasteiger partial charge in [-0.05, 0) is 31.4 Å². The summed E-state index contributed by atoms with van der Waals surface area (Å²) in [6.45, 7) is 1.47. The van der Waals surface area contributed by atoms with E-state index in [0.29, 0.717) is 5.75 Å². The maximum atomic E-state index is 12.2. The average Bonchev–Trinajstić information content (AvgIpc) is 2.56. The number of hydrogen-bond donors (Lipinski definition) is 1. The molecule has 1 aromatic rings. The molecule has 5 nitrogen and oxygen atoms in total. The van der Waals surface area contributed by atoms with Crippen LogP contribution < -0.4 is 10.1 Å². The first-order valence-corrected chi connectivity index (χ1v) is 7.04. The monoisotopic (exact) mass is 285 g/mol. The van der Waals surface area contributed by atoms with Gasteiger partial charge < -0.3 is 15.0 Å². The van der Waals surface area contributed by atoms with Crippen molar-refractivity contribution < 1.29 is 9.53 Å². The topological polar surface area (TPSA) is 65.4 Å². The fourth-order valence-corrected chi connectivity index (χ4v) is 2.28. The van der Waals surface area contributed by atoms with Gasteiger partial charge in [0.2, 0.25) is 0 Å². The van der Waals surface area contributed by atoms with E-state index in [-0.39, 0.29) is 11.5 Å². The molecule has 2 rings (SSSR count). The molecule has 1 fully saturated rings. The summed E-state index contributed by atoms with van der Waals surface area (Å²) in [6, 6.07) is 9.30. The molecule has 1 aliphatic rings. The van der Waals surface area contributed by atoms with Gasteiger partial charge in [0.25, 0.3) is 5.91 Å². The zero-order valence-corrected chi connectivity index (χ0v) is 12.1. The number of nitrogens with zero attached hydrogens (tertiary/aromatic N) is 2. The largest absolute Gasteiger partial charge is 0.497 e. The third kappa shape index (κ3) is 3.99. The Morgan fingerprint density at radius 1 is 1.38 bits per heavy atom. The molecule has 1 heterocycles. The highest BCUT2D eigenvalue weighted by atomic mass is 16.5. The van der Waals surface area contributed by atoms with Crippen LogP contribution in [0.25, 0.3) is 0 Å². The van der Waals surface area contributed by atoms with Crippen LogP contribution in [0, 0.1) is 11.3 Å². The Bertz CT molecular complexity index is 569. The lowest BCUT2D eigenvalue weighted by atomic mass is 10.1. The Labute approximate surface area is 124 Å². The van der Waals surface area contributed by atoms with E-state index >= 15 is 0 Å². The molecule has 1 N–H and O–H groups in total. The summed E-state index contributed by atoms with van der Waals surface area (Å²) in [5, 5.41) is 12.2. The van der Waals surface area contributed by atoms with Crippen LogP contribution in [-0.2, 0) is 4.79 Å². The predicted molar refractivity (Wildman–Crippen MR) is 80.7 cm³/mol. The van der Waals surface area contributed by atoms with E-state index in [4.69, 9.17) is 4.74 Å². The molecule has 0 radical (unpaired) electrons. The number of anilines is 1. The number of nitrogens with one attached hydrogen (secondary N) is 1. The third-order valence-electron chi connectivity index (χ3n) is 3.45. The summed E-state index contributed by atoms with van der Waals surface area (Å²) >= 11 is 0. The molecule has 1 amide bonds. The van der Waals surface area contributed by atoms with Gasteiger partial charge in [0.1, 0.15) is 17.4 Å². The number of amides is 1. The Morgan fingerprint density at radius 2 is 2.14 bits per heavy atom. The van der Waals surface area contributed by atoms with Crippen molar-refractivity contribution in [3.8, 4) is 11.8 Å². The number of carbonyl (C=O) groups excluding carboxylic acids is 1. The van der Waals surface area contributed by atoms with Crippen molar-refractivity contribution in [1.82, 2.24) is 4.90 Å². The summed E-state index contributed by atoms with van der Waals surface area (Å²) in [6.07, 6.45) is 4.63. The molecular formula is C16H19N3O2. The van der Waals surface area contributed by atoms with E-state index in [0.717, 1.165) is 38.0 Å². The maximum Gasteiger partial charge on any atom is 0.266 e. The number of rotatable bonds is 4. The van der Waals surface area contributed by atoms with Crippen LogP contribution in [0.3, 0.4) is 0 Å². The number of methoxy groups -OCH3 is 1. The molecule has 0 aromatic heterocycles. The Kier molecular flexibility index (Phi) is 5.22. The van der Waals surface area contributed by atoms with Crippen LogP contribution in [0.15, 0.2) is 36.0 Å². The molecule has 0 unspecified atom stereocenters. The highest BCUT2D eigenvalue weighted by Crippen LogP contribution is 2.17. The van der Waals surface area contributed by atoms with E-state index in [9.17, 15) is 10.1 Å². The molecule has 1 saturated heterocycles. The van der Waals surface area contributed by atoms with Gasteiger partial charge in [0.15, 0.2) is 0 Å². The first-order valence-electron chi connectivity index (χ1n) is 7.04. The van der Waals surface area contributed by atoms with Crippen molar-refractivity contribution in [2.45, 2.75) is 19.3 Å². The lowest BCUT2D eigenvalue weighted by molar-refractivity contribution is -0.127. The standard InChI is InChI=1S/C16H19N3O2/c1-21-15-7-5-6-14(10-15)18-12-13(11-17)16(20)19-8-3-2-4-9-19/h5-7,10,12,18H,2-4,8-9H2,1H3/b13-12-. The molecule has 21 heavy (non-hydrogen) atoms. The minimum Gasteiger partial charge on any atom is -0.497 e. The second kappa shape index (κ2) is 7.34. The van der Waals surface area contributed by atoms with Crippen LogP contribution in [0.4, 0.5) is 5.69 Å². The molecule has 0 spiro atoms. The van der Waals surface area contributed by atoms with E-state index in [1.54, 1.807) is 18.1 Å². The van der Waals surface area contributed by atoms with Gasteiger partial charge in [-0.15, -0.1) is 0 Å². The summed E-state index contributed by atoms with van der Waals surface area (Å²) < 4.78 is 5.13. The third-order valence-corrected chi connectivity index (χ3v) is 3.45. The molecule has 1 aromatic carbocycles. The van der Waals surface area contributed by atoms with Crippen molar-refractivity contribution in [1.29, 1.82) is 5.26 Å². The Balaban J connectivity index is 2.05. The molecule has 0 bridgehead atoms. The van der Waals surface area contributed by atoms with E-state index in [1.165, 1.54) is 6.20 Å². The summed E-state index contributed by atoms with van der Waals surface area (Å²) in [7, 11) is 1.59. The number of piperidine rings is 1. The van der Waals surface area contributed by atoms with Crippen LogP contribution in [0.1, 0.15) is 19.3 Å². The Morgan fingerprint density at radius 3 is 2.81 bits per heavy atom. The van der Waals surface area contributed by atoms with Crippen molar-refractivity contribution >= 4 is 11.6 Å². The van der Waals surface area contributed by atoms with Gasteiger partial charge in [-0.1, -0.05) is 6.07 Å². The number of nitriles is 1. The van der Waals surface area contributed by atoms with Crippen molar-refractivity contribution in [3.63, 3.8) is 0 Å². The van der Waals surface area contributed by atoms with Crippen molar-refractivity contribution in [2.75, 3.05) is 25.5 Å². The van der Waals surface area contributed by atoms with Crippen molar-refractivity contribution in [2.24, 2.45) is 0 Å². The first-order chi connectivity index (χ1) is 10.2. The zero-order valence-electron chi connectivity index (χ0n) is 12.1.